The van der Waals surface area contributed by atoms with Crippen LogP contribution >= 0.6 is 11.6 Å². The molecule has 1 unspecified atom stereocenters. The van der Waals surface area contributed by atoms with Crippen molar-refractivity contribution in [2.75, 3.05) is 13.1 Å². The summed E-state index contributed by atoms with van der Waals surface area (Å²) in [4.78, 5) is 13.2. The summed E-state index contributed by atoms with van der Waals surface area (Å²) in [5.41, 5.74) is 2.97. The Morgan fingerprint density at radius 2 is 2.18 bits per heavy atom. The number of carboxylic acids is 1. The van der Waals surface area contributed by atoms with Crippen LogP contribution in [-0.4, -0.2) is 44.8 Å². The van der Waals surface area contributed by atoms with Gasteiger partial charge in [0.2, 0.25) is 0 Å². The van der Waals surface area contributed by atoms with E-state index in [1.54, 1.807) is 0 Å². The summed E-state index contributed by atoms with van der Waals surface area (Å²) in [5, 5.41) is 9.92. The predicted molar refractivity (Wildman–Crippen MR) is 113 cm³/mol. The molecule has 1 aliphatic heterocycles. The number of aliphatic carboxylic acids is 1. The molecule has 1 fully saturated rings. The van der Waals surface area contributed by atoms with E-state index >= 15 is 4.39 Å². The molecule has 0 saturated carbocycles. The molecule has 6 heteroatoms. The molecule has 150 valence electrons. The Bertz CT molecular complexity index is 860. The van der Waals surface area contributed by atoms with Gasteiger partial charge in [-0.15, -0.1) is 0 Å². The van der Waals surface area contributed by atoms with Crippen molar-refractivity contribution in [1.29, 1.82) is 0 Å². The van der Waals surface area contributed by atoms with Crippen molar-refractivity contribution in [2.24, 2.45) is 5.92 Å². The first-order valence-corrected chi connectivity index (χ1v) is 12.3. The molecule has 2 aromatic carbocycles. The summed E-state index contributed by atoms with van der Waals surface area (Å²) in [7, 11) is 0. The van der Waals surface area contributed by atoms with E-state index in [0.29, 0.717) is 36.3 Å². The average molecular weight is 466 g/mol. The number of carbonyl (C=O) groups is 1. The molecule has 3 rings (SSSR count). The van der Waals surface area contributed by atoms with E-state index in [9.17, 15) is 4.79 Å². The van der Waals surface area contributed by atoms with Gasteiger partial charge in [0.25, 0.3) is 0 Å². The number of likely N-dealkylation sites (tertiary alicyclic amines) is 1. The van der Waals surface area contributed by atoms with Crippen LogP contribution in [0, 0.1) is 18.7 Å². The van der Waals surface area contributed by atoms with E-state index in [1.165, 1.54) is 5.56 Å². The third kappa shape index (κ3) is 4.97. The molecule has 1 N–H and O–H groups in total. The molecule has 3 atom stereocenters. The van der Waals surface area contributed by atoms with Gasteiger partial charge in [0.05, 0.1) is 0 Å². The summed E-state index contributed by atoms with van der Waals surface area (Å²) in [6, 6.07) is 11.8. The molecule has 1 aliphatic rings. The zero-order valence-corrected chi connectivity index (χ0v) is 19.1. The number of carboxylic acid groups (broad SMARTS) is 1. The van der Waals surface area contributed by atoms with Gasteiger partial charge < -0.3 is 0 Å². The number of benzene rings is 2. The number of halogens is 2. The van der Waals surface area contributed by atoms with E-state index in [4.69, 9.17) is 16.7 Å². The maximum atomic E-state index is 15.2. The van der Waals surface area contributed by atoms with Crippen molar-refractivity contribution in [3.05, 3.63) is 63.9 Å². The molecule has 0 aromatic heterocycles. The van der Waals surface area contributed by atoms with Crippen molar-refractivity contribution in [2.45, 2.75) is 37.9 Å². The van der Waals surface area contributed by atoms with Gasteiger partial charge in [0.1, 0.15) is 0 Å². The Kier molecular flexibility index (Phi) is 7.19. The van der Waals surface area contributed by atoms with E-state index in [2.05, 4.69) is 19.1 Å². The summed E-state index contributed by atoms with van der Waals surface area (Å²) >= 11 is 5.44. The molecular formula is C22H26AsClFNO2. The minimum atomic E-state index is -0.757. The summed E-state index contributed by atoms with van der Waals surface area (Å²) in [5.74, 6) is -1.20. The molecule has 28 heavy (non-hydrogen) atoms. The molecule has 0 amide bonds. The van der Waals surface area contributed by atoms with Gasteiger partial charge in [0, 0.05) is 0 Å². The summed E-state index contributed by atoms with van der Waals surface area (Å²) in [6.07, 6.45) is 1.61. The number of aryl methyl sites for hydroxylation is 1. The Hall–Kier alpha value is -1.35. The second kappa shape index (κ2) is 9.43. The normalized spacial score (nSPS) is 18.8. The number of nitrogens with zero attached hydrogens (tertiary/aromatic N) is 1. The monoisotopic (exact) mass is 465 g/mol. The zero-order chi connectivity index (χ0) is 20.3. The second-order valence-corrected chi connectivity index (χ2v) is 11.1. The Morgan fingerprint density at radius 3 is 2.82 bits per heavy atom. The number of rotatable bonds is 7. The topological polar surface area (TPSA) is 40.5 Å². The zero-order valence-electron chi connectivity index (χ0n) is 16.2. The average Bonchev–Trinajstić information content (AvgIpc) is 3.14. The van der Waals surface area contributed by atoms with Crippen molar-refractivity contribution in [3.8, 4) is 0 Å². The van der Waals surface area contributed by atoms with Gasteiger partial charge in [-0.2, -0.15) is 0 Å². The Balaban J connectivity index is 1.74. The third-order valence-electron chi connectivity index (χ3n) is 5.42. The third-order valence-corrected chi connectivity index (χ3v) is 9.59. The van der Waals surface area contributed by atoms with Crippen molar-refractivity contribution in [1.82, 2.24) is 4.90 Å². The first kappa shape index (κ1) is 21.4. The molecule has 2 aromatic rings. The van der Waals surface area contributed by atoms with Crippen molar-refractivity contribution >= 4 is 37.7 Å². The molecule has 1 saturated heterocycles. The Morgan fingerprint density at radius 1 is 1.39 bits per heavy atom. The van der Waals surface area contributed by atoms with Crippen LogP contribution in [0.1, 0.15) is 41.2 Å². The number of hydrogen-bond acceptors (Lipinski definition) is 2. The first-order chi connectivity index (χ1) is 13.4. The molecule has 0 spiro atoms. The molecule has 0 aliphatic carbocycles. The van der Waals surface area contributed by atoms with Crippen LogP contribution in [0.15, 0.2) is 36.4 Å². The molecule has 1 heterocycles. The van der Waals surface area contributed by atoms with Crippen molar-refractivity contribution in [3.63, 3.8) is 0 Å². The van der Waals surface area contributed by atoms with Gasteiger partial charge in [-0.1, -0.05) is 0 Å². The van der Waals surface area contributed by atoms with Gasteiger partial charge in [0.15, 0.2) is 0 Å². The standard InChI is InChI=1S/C22H26AsClFNO2/c1-3-18(15-7-8-20(24)14(2)11-15)23-19-6-4-5-16(21(19)25)12-26-10-9-17(13-26)22(27)28/h4-8,11,17-18,23H,3,9-10,12-13H2,1-2H3,(H,27,28)/t17-,18-/m1/s1. The van der Waals surface area contributed by atoms with Crippen LogP contribution in [0.2, 0.25) is 5.02 Å². The SMILES string of the molecule is CC[C@@H]([AsH]c1cccc(CN2CC[C@@H](C(=O)O)C2)c1F)c1ccc(Cl)c(C)c1. The predicted octanol–water partition coefficient (Wildman–Crippen LogP) is 3.91. The fourth-order valence-electron chi connectivity index (χ4n) is 3.73. The summed E-state index contributed by atoms with van der Waals surface area (Å²) in [6.45, 7) is 5.83. The molecule has 3 nitrogen and oxygen atoms in total. The number of hydrogen-bond donors (Lipinski definition) is 1. The van der Waals surface area contributed by atoms with Gasteiger partial charge >= 0.3 is 178 Å². The first-order valence-electron chi connectivity index (χ1n) is 9.64. The fraction of sp³-hybridized carbons (Fsp3) is 0.409. The van der Waals surface area contributed by atoms with Crippen molar-refractivity contribution < 1.29 is 14.3 Å². The minimum absolute atomic E-state index is 0.106. The second-order valence-electron chi connectivity index (χ2n) is 7.45. The van der Waals surface area contributed by atoms with Gasteiger partial charge in [-0.05, 0) is 0 Å². The Labute approximate surface area is 177 Å². The van der Waals surface area contributed by atoms with Crippen LogP contribution in [0.25, 0.3) is 0 Å². The molecular weight excluding hydrogens is 440 g/mol. The quantitative estimate of drug-likeness (QED) is 0.630. The van der Waals surface area contributed by atoms with E-state index in [1.807, 2.05) is 36.1 Å². The molecule has 0 bridgehead atoms. The van der Waals surface area contributed by atoms with Crippen LogP contribution < -0.4 is 4.35 Å². The van der Waals surface area contributed by atoms with Gasteiger partial charge in [-0.25, -0.2) is 0 Å². The van der Waals surface area contributed by atoms with Crippen LogP contribution in [0.5, 0.6) is 0 Å². The maximum absolute atomic E-state index is 15.2. The van der Waals surface area contributed by atoms with Crippen LogP contribution in [-0.2, 0) is 11.3 Å². The summed E-state index contributed by atoms with van der Waals surface area (Å²) < 4.78 is 16.4. The van der Waals surface area contributed by atoms with Crippen LogP contribution in [0.4, 0.5) is 4.39 Å². The molecule has 0 radical (unpaired) electrons. The fourth-order valence-corrected chi connectivity index (χ4v) is 6.79. The van der Waals surface area contributed by atoms with E-state index in [0.717, 1.165) is 21.4 Å². The van der Waals surface area contributed by atoms with E-state index < -0.39 is 21.7 Å². The van der Waals surface area contributed by atoms with Crippen LogP contribution in [0.3, 0.4) is 0 Å². The van der Waals surface area contributed by atoms with E-state index in [-0.39, 0.29) is 11.7 Å². The van der Waals surface area contributed by atoms with Gasteiger partial charge in [-0.3, -0.25) is 0 Å².